The lowest BCUT2D eigenvalue weighted by molar-refractivity contribution is -0.156. The topological polar surface area (TPSA) is 115 Å². The van der Waals surface area contributed by atoms with Gasteiger partial charge in [-0.2, -0.15) is 0 Å². The summed E-state index contributed by atoms with van der Waals surface area (Å²) in [6.45, 7) is 5.39. The fourth-order valence-electron chi connectivity index (χ4n) is 1.29. The number of hydrogen-bond donors (Lipinski definition) is 1. The van der Waals surface area contributed by atoms with Crippen molar-refractivity contribution in [1.29, 1.82) is 0 Å². The molecule has 0 amide bonds. The first-order chi connectivity index (χ1) is 7.31. The quantitative estimate of drug-likeness (QED) is 0.547. The van der Waals surface area contributed by atoms with Crippen LogP contribution < -0.4 is 11.2 Å². The maximum atomic E-state index is 11.7. The first-order valence-electron chi connectivity index (χ1n) is 5.14. The molecule has 0 aliphatic heterocycles. The van der Waals surface area contributed by atoms with E-state index in [0.29, 0.717) is 11.0 Å². The van der Waals surface area contributed by atoms with Crippen LogP contribution in [-0.4, -0.2) is 30.4 Å². The molecule has 0 aliphatic rings. The minimum atomic E-state index is -0.833. The molecule has 1 rings (SSSR count). The van der Waals surface area contributed by atoms with E-state index in [9.17, 15) is 4.79 Å². The van der Waals surface area contributed by atoms with Crippen LogP contribution in [0.5, 0.6) is 0 Å². The SMILES string of the molecule is O.O.[B]c1ccccc1C(N)C(=O)OC(C)(C)C. The van der Waals surface area contributed by atoms with Gasteiger partial charge < -0.3 is 21.4 Å². The molecule has 0 bridgehead atoms. The Balaban J connectivity index is 0. The third-order valence-electron chi connectivity index (χ3n) is 1.99. The highest BCUT2D eigenvalue weighted by molar-refractivity contribution is 6.33. The maximum absolute atomic E-state index is 11.7. The molecular weight excluding hydrogens is 233 g/mol. The van der Waals surface area contributed by atoms with Crippen LogP contribution in [0.15, 0.2) is 24.3 Å². The van der Waals surface area contributed by atoms with Crippen molar-refractivity contribution in [3.05, 3.63) is 29.8 Å². The van der Waals surface area contributed by atoms with E-state index in [1.165, 1.54) is 0 Å². The van der Waals surface area contributed by atoms with Gasteiger partial charge in [0.25, 0.3) is 0 Å². The first-order valence-corrected chi connectivity index (χ1v) is 5.14. The average Bonchev–Trinajstić information content (AvgIpc) is 2.15. The summed E-state index contributed by atoms with van der Waals surface area (Å²) in [6.07, 6.45) is 0. The minimum Gasteiger partial charge on any atom is -0.459 e. The molecule has 0 aliphatic carbocycles. The summed E-state index contributed by atoms with van der Waals surface area (Å²) in [4.78, 5) is 11.7. The Morgan fingerprint density at radius 1 is 1.28 bits per heavy atom. The Morgan fingerprint density at radius 2 is 1.78 bits per heavy atom. The van der Waals surface area contributed by atoms with E-state index in [0.717, 1.165) is 0 Å². The molecule has 0 saturated carbocycles. The van der Waals surface area contributed by atoms with Crippen molar-refractivity contribution in [1.82, 2.24) is 0 Å². The second kappa shape index (κ2) is 7.15. The summed E-state index contributed by atoms with van der Waals surface area (Å²) in [5, 5.41) is 0. The zero-order valence-corrected chi connectivity index (χ0v) is 10.9. The second-order valence-electron chi connectivity index (χ2n) is 4.64. The lowest BCUT2D eigenvalue weighted by Gasteiger charge is -2.23. The molecule has 1 unspecified atom stereocenters. The number of ether oxygens (including phenoxy) is 1. The smallest absolute Gasteiger partial charge is 0.328 e. The number of benzene rings is 1. The van der Waals surface area contributed by atoms with Gasteiger partial charge in [-0.25, -0.2) is 4.79 Å². The summed E-state index contributed by atoms with van der Waals surface area (Å²) in [6, 6.07) is 6.18. The average molecular weight is 253 g/mol. The van der Waals surface area contributed by atoms with Crippen molar-refractivity contribution in [2.75, 3.05) is 0 Å². The highest BCUT2D eigenvalue weighted by atomic mass is 16.6. The molecule has 2 radical (unpaired) electrons. The molecular formula is C12H20BNO4. The Bertz CT molecular complexity index is 390. The minimum absolute atomic E-state index is 0. The zero-order chi connectivity index (χ0) is 12.3. The van der Waals surface area contributed by atoms with Crippen LogP contribution in [0.4, 0.5) is 0 Å². The van der Waals surface area contributed by atoms with Gasteiger partial charge in [0.05, 0.1) is 0 Å². The van der Waals surface area contributed by atoms with Gasteiger partial charge >= 0.3 is 5.97 Å². The predicted molar refractivity (Wildman–Crippen MR) is 71.8 cm³/mol. The van der Waals surface area contributed by atoms with Crippen LogP contribution >= 0.6 is 0 Å². The zero-order valence-electron chi connectivity index (χ0n) is 10.9. The fraction of sp³-hybridized carbons (Fsp3) is 0.417. The molecule has 18 heavy (non-hydrogen) atoms. The molecule has 0 heterocycles. The lowest BCUT2D eigenvalue weighted by Crippen LogP contribution is -2.34. The summed E-state index contributed by atoms with van der Waals surface area (Å²) in [5.74, 6) is -0.467. The van der Waals surface area contributed by atoms with E-state index in [-0.39, 0.29) is 11.0 Å². The number of hydrogen-bond acceptors (Lipinski definition) is 3. The van der Waals surface area contributed by atoms with Gasteiger partial charge in [-0.15, -0.1) is 0 Å². The van der Waals surface area contributed by atoms with Crippen molar-refractivity contribution >= 4 is 19.3 Å². The van der Waals surface area contributed by atoms with E-state index >= 15 is 0 Å². The van der Waals surface area contributed by atoms with E-state index in [4.69, 9.17) is 18.3 Å². The van der Waals surface area contributed by atoms with Gasteiger partial charge in [-0.05, 0) is 26.3 Å². The van der Waals surface area contributed by atoms with Crippen molar-refractivity contribution in [3.63, 3.8) is 0 Å². The Kier molecular flexibility index (Phi) is 7.55. The molecule has 0 spiro atoms. The van der Waals surface area contributed by atoms with Gasteiger partial charge in [-0.3, -0.25) is 0 Å². The van der Waals surface area contributed by atoms with Gasteiger partial charge in [-0.1, -0.05) is 29.7 Å². The van der Waals surface area contributed by atoms with Crippen molar-refractivity contribution < 1.29 is 20.5 Å². The molecule has 1 aromatic carbocycles. The van der Waals surface area contributed by atoms with Crippen molar-refractivity contribution in [3.8, 4) is 0 Å². The Labute approximate surface area is 108 Å². The van der Waals surface area contributed by atoms with Gasteiger partial charge in [0, 0.05) is 0 Å². The molecule has 6 heteroatoms. The summed E-state index contributed by atoms with van der Waals surface area (Å²) < 4.78 is 5.19. The number of carbonyl (C=O) groups excluding carboxylic acids is 1. The predicted octanol–water partition coefficient (Wildman–Crippen LogP) is -0.827. The van der Waals surface area contributed by atoms with E-state index in [1.807, 2.05) is 0 Å². The molecule has 6 N–H and O–H groups in total. The molecule has 1 atom stereocenters. The Morgan fingerprint density at radius 3 is 2.22 bits per heavy atom. The van der Waals surface area contributed by atoms with Crippen LogP contribution in [0.25, 0.3) is 0 Å². The summed E-state index contributed by atoms with van der Waals surface area (Å²) in [7, 11) is 5.74. The van der Waals surface area contributed by atoms with Gasteiger partial charge in [0.15, 0.2) is 0 Å². The van der Waals surface area contributed by atoms with E-state index in [1.54, 1.807) is 45.0 Å². The summed E-state index contributed by atoms with van der Waals surface area (Å²) in [5.41, 5.74) is 6.34. The van der Waals surface area contributed by atoms with Gasteiger partial charge in [0.1, 0.15) is 19.5 Å². The first kappa shape index (κ1) is 19.0. The second-order valence-corrected chi connectivity index (χ2v) is 4.64. The standard InChI is InChI=1S/C12H16BNO2.2H2O/c1-12(2,3)16-11(15)10(14)8-6-4-5-7-9(8)13;;/h4-7,10H,14H2,1-3H3;2*1H2. The molecule has 0 aromatic heterocycles. The van der Waals surface area contributed by atoms with Crippen molar-refractivity contribution in [2.24, 2.45) is 5.73 Å². The number of rotatable bonds is 2. The normalized spacial score (nSPS) is 11.8. The van der Waals surface area contributed by atoms with Crippen LogP contribution in [0.3, 0.4) is 0 Å². The third-order valence-corrected chi connectivity index (χ3v) is 1.99. The van der Waals surface area contributed by atoms with Crippen LogP contribution in [0.1, 0.15) is 32.4 Å². The monoisotopic (exact) mass is 253 g/mol. The number of esters is 1. The van der Waals surface area contributed by atoms with Crippen LogP contribution in [-0.2, 0) is 9.53 Å². The highest BCUT2D eigenvalue weighted by Crippen LogP contribution is 2.14. The molecule has 0 fully saturated rings. The Hall–Kier alpha value is -1.37. The lowest BCUT2D eigenvalue weighted by atomic mass is 9.87. The maximum Gasteiger partial charge on any atom is 0.328 e. The fourth-order valence-corrected chi connectivity index (χ4v) is 1.29. The third kappa shape index (κ3) is 5.31. The molecule has 1 aromatic rings. The highest BCUT2D eigenvalue weighted by Gasteiger charge is 2.23. The molecule has 5 nitrogen and oxygen atoms in total. The molecule has 100 valence electrons. The van der Waals surface area contributed by atoms with E-state index in [2.05, 4.69) is 0 Å². The van der Waals surface area contributed by atoms with E-state index < -0.39 is 17.6 Å². The largest absolute Gasteiger partial charge is 0.459 e. The summed E-state index contributed by atoms with van der Waals surface area (Å²) >= 11 is 0. The van der Waals surface area contributed by atoms with Gasteiger partial charge in [0.2, 0.25) is 0 Å². The van der Waals surface area contributed by atoms with Crippen molar-refractivity contribution in [2.45, 2.75) is 32.4 Å². The molecule has 0 saturated heterocycles. The number of carbonyl (C=O) groups is 1. The van der Waals surface area contributed by atoms with Crippen LogP contribution in [0.2, 0.25) is 0 Å². The number of nitrogens with two attached hydrogens (primary N) is 1. The van der Waals surface area contributed by atoms with Crippen LogP contribution in [0, 0.1) is 0 Å².